The summed E-state index contributed by atoms with van der Waals surface area (Å²) in [4.78, 5) is 15.2. The first-order chi connectivity index (χ1) is 10.2. The third-order valence-electron chi connectivity index (χ3n) is 2.97. The zero-order valence-electron chi connectivity index (χ0n) is 11.8. The van der Waals surface area contributed by atoms with Crippen LogP contribution in [0.2, 0.25) is 0 Å². The van der Waals surface area contributed by atoms with Crippen LogP contribution >= 0.6 is 11.8 Å². The van der Waals surface area contributed by atoms with E-state index in [1.54, 1.807) is 0 Å². The van der Waals surface area contributed by atoms with Gasteiger partial charge in [0.05, 0.1) is 11.3 Å². The van der Waals surface area contributed by atoms with Gasteiger partial charge in [0.25, 0.3) is 0 Å². The molecule has 0 saturated carbocycles. The molecule has 4 heteroatoms. The molecular formula is C17H16N2OS. The number of hydrogen-bond donors (Lipinski definition) is 0. The number of amides is 1. The maximum absolute atomic E-state index is 12.6. The van der Waals surface area contributed by atoms with Gasteiger partial charge in [0.1, 0.15) is 6.54 Å². The van der Waals surface area contributed by atoms with Crippen molar-refractivity contribution in [3.63, 3.8) is 0 Å². The Bertz CT molecular complexity index is 622. The molecule has 3 nitrogen and oxygen atoms in total. The van der Waals surface area contributed by atoms with Crippen molar-refractivity contribution in [3.05, 3.63) is 60.7 Å². The number of nitrogens with zero attached hydrogens (tertiary/aromatic N) is 2. The molecule has 2 aromatic carbocycles. The van der Waals surface area contributed by atoms with Crippen molar-refractivity contribution in [2.45, 2.75) is 17.1 Å². The van der Waals surface area contributed by atoms with E-state index in [-0.39, 0.29) is 17.7 Å². The van der Waals surface area contributed by atoms with Gasteiger partial charge in [-0.1, -0.05) is 36.4 Å². The number of rotatable bonds is 5. The number of carbonyl (C=O) groups is 1. The molecule has 0 heterocycles. The second-order valence-corrected chi connectivity index (χ2v) is 5.91. The quantitative estimate of drug-likeness (QED) is 0.624. The molecule has 0 saturated heterocycles. The molecule has 0 aliphatic rings. The summed E-state index contributed by atoms with van der Waals surface area (Å²) < 4.78 is 0. The highest BCUT2D eigenvalue weighted by molar-refractivity contribution is 8.00. The van der Waals surface area contributed by atoms with Crippen molar-refractivity contribution in [2.24, 2.45) is 0 Å². The van der Waals surface area contributed by atoms with Crippen LogP contribution in [-0.2, 0) is 4.79 Å². The number of para-hydroxylation sites is 1. The zero-order chi connectivity index (χ0) is 15.1. The first-order valence-electron chi connectivity index (χ1n) is 6.67. The Morgan fingerprint density at radius 3 is 2.29 bits per heavy atom. The molecule has 0 N–H and O–H groups in total. The summed E-state index contributed by atoms with van der Waals surface area (Å²) in [6.07, 6.45) is 0. The summed E-state index contributed by atoms with van der Waals surface area (Å²) in [5, 5.41) is 8.72. The highest BCUT2D eigenvalue weighted by atomic mass is 32.2. The number of thioether (sulfide) groups is 1. The van der Waals surface area contributed by atoms with E-state index in [4.69, 9.17) is 5.26 Å². The van der Waals surface area contributed by atoms with Crippen molar-refractivity contribution in [2.75, 3.05) is 11.4 Å². The summed E-state index contributed by atoms with van der Waals surface area (Å²) in [7, 11) is 0. The molecule has 21 heavy (non-hydrogen) atoms. The Morgan fingerprint density at radius 1 is 1.14 bits per heavy atom. The number of benzene rings is 2. The van der Waals surface area contributed by atoms with Gasteiger partial charge in [-0.3, -0.25) is 9.69 Å². The van der Waals surface area contributed by atoms with Gasteiger partial charge in [-0.2, -0.15) is 5.26 Å². The largest absolute Gasteiger partial charge is 0.298 e. The molecule has 0 aliphatic heterocycles. The summed E-state index contributed by atoms with van der Waals surface area (Å²) in [5.74, 6) is -0.0587. The van der Waals surface area contributed by atoms with Crippen LogP contribution < -0.4 is 4.90 Å². The predicted octanol–water partition coefficient (Wildman–Crippen LogP) is 3.72. The van der Waals surface area contributed by atoms with E-state index in [0.717, 1.165) is 10.6 Å². The molecular weight excluding hydrogens is 280 g/mol. The number of anilines is 1. The van der Waals surface area contributed by atoms with Crippen molar-refractivity contribution >= 4 is 23.4 Å². The van der Waals surface area contributed by atoms with Gasteiger partial charge >= 0.3 is 0 Å². The van der Waals surface area contributed by atoms with Gasteiger partial charge in [-0.05, 0) is 31.2 Å². The number of nitriles is 1. The van der Waals surface area contributed by atoms with Gasteiger partial charge < -0.3 is 0 Å². The van der Waals surface area contributed by atoms with Crippen molar-refractivity contribution in [1.82, 2.24) is 0 Å². The molecule has 0 aromatic heterocycles. The van der Waals surface area contributed by atoms with E-state index < -0.39 is 0 Å². The van der Waals surface area contributed by atoms with E-state index in [1.807, 2.05) is 67.6 Å². The van der Waals surface area contributed by atoms with Gasteiger partial charge in [0.15, 0.2) is 0 Å². The first-order valence-corrected chi connectivity index (χ1v) is 7.55. The second kappa shape index (κ2) is 7.51. The zero-order valence-corrected chi connectivity index (χ0v) is 12.6. The fourth-order valence-electron chi connectivity index (χ4n) is 1.95. The molecule has 0 unspecified atom stereocenters. The Morgan fingerprint density at radius 2 is 1.71 bits per heavy atom. The summed E-state index contributed by atoms with van der Waals surface area (Å²) in [5.41, 5.74) is 0.754. The lowest BCUT2D eigenvalue weighted by Crippen LogP contribution is -2.36. The van der Waals surface area contributed by atoms with Crippen molar-refractivity contribution < 1.29 is 4.79 Å². The molecule has 1 amide bonds. The average Bonchev–Trinajstić information content (AvgIpc) is 2.53. The van der Waals surface area contributed by atoms with E-state index in [9.17, 15) is 4.79 Å². The molecule has 2 rings (SSSR count). The van der Waals surface area contributed by atoms with E-state index >= 15 is 0 Å². The fourth-order valence-corrected chi connectivity index (χ4v) is 2.90. The van der Waals surface area contributed by atoms with Crippen LogP contribution in [0.3, 0.4) is 0 Å². The maximum atomic E-state index is 12.6. The lowest BCUT2D eigenvalue weighted by Gasteiger charge is -2.23. The van der Waals surface area contributed by atoms with E-state index in [2.05, 4.69) is 6.07 Å². The third-order valence-corrected chi connectivity index (χ3v) is 4.07. The highest BCUT2D eigenvalue weighted by Crippen LogP contribution is 2.25. The lowest BCUT2D eigenvalue weighted by molar-refractivity contribution is -0.117. The van der Waals surface area contributed by atoms with Gasteiger partial charge in [0, 0.05) is 10.6 Å². The summed E-state index contributed by atoms with van der Waals surface area (Å²) in [6.45, 7) is 1.93. The Hall–Kier alpha value is -2.25. The Labute approximate surface area is 129 Å². The van der Waals surface area contributed by atoms with Crippen LogP contribution in [0.4, 0.5) is 5.69 Å². The maximum Gasteiger partial charge on any atom is 0.241 e. The minimum atomic E-state index is -0.249. The van der Waals surface area contributed by atoms with Crippen LogP contribution in [0, 0.1) is 11.3 Å². The molecule has 0 fully saturated rings. The number of carbonyl (C=O) groups excluding carboxylic acids is 1. The molecule has 0 aliphatic carbocycles. The molecule has 0 spiro atoms. The number of hydrogen-bond acceptors (Lipinski definition) is 3. The molecule has 2 aromatic rings. The molecule has 106 valence electrons. The monoisotopic (exact) mass is 296 g/mol. The van der Waals surface area contributed by atoms with Crippen LogP contribution in [-0.4, -0.2) is 17.7 Å². The Balaban J connectivity index is 2.13. The van der Waals surface area contributed by atoms with Gasteiger partial charge in [-0.25, -0.2) is 0 Å². The van der Waals surface area contributed by atoms with Gasteiger partial charge in [0.2, 0.25) is 5.91 Å². The second-order valence-electron chi connectivity index (χ2n) is 4.49. The standard InChI is InChI=1S/C17H16N2OS/c1-14(21-16-10-6-3-7-11-16)17(20)19(13-12-18)15-8-4-2-5-9-15/h2-11,14H,13H2,1H3/t14-/m0/s1. The first kappa shape index (κ1) is 15.1. The van der Waals surface area contributed by atoms with Crippen LogP contribution in [0.15, 0.2) is 65.6 Å². The van der Waals surface area contributed by atoms with Crippen LogP contribution in [0.5, 0.6) is 0 Å². The molecule has 1 atom stereocenters. The SMILES string of the molecule is C[C@H](Sc1ccccc1)C(=O)N(CC#N)c1ccccc1. The summed E-state index contributed by atoms with van der Waals surface area (Å²) in [6, 6.07) is 21.2. The minimum absolute atomic E-state index is 0.0581. The normalized spacial score (nSPS) is 11.4. The van der Waals surface area contributed by atoms with Crippen LogP contribution in [0.25, 0.3) is 0 Å². The van der Waals surface area contributed by atoms with Gasteiger partial charge in [-0.15, -0.1) is 11.8 Å². The van der Waals surface area contributed by atoms with E-state index in [0.29, 0.717) is 0 Å². The van der Waals surface area contributed by atoms with E-state index in [1.165, 1.54) is 16.7 Å². The lowest BCUT2D eigenvalue weighted by atomic mass is 10.2. The molecule has 0 bridgehead atoms. The highest BCUT2D eigenvalue weighted by Gasteiger charge is 2.22. The Kier molecular flexibility index (Phi) is 5.42. The fraction of sp³-hybridized carbons (Fsp3) is 0.176. The smallest absolute Gasteiger partial charge is 0.241 e. The third kappa shape index (κ3) is 4.11. The van der Waals surface area contributed by atoms with Crippen molar-refractivity contribution in [3.8, 4) is 6.07 Å². The average molecular weight is 296 g/mol. The minimum Gasteiger partial charge on any atom is -0.298 e. The molecule has 0 radical (unpaired) electrons. The van der Waals surface area contributed by atoms with Crippen molar-refractivity contribution in [1.29, 1.82) is 5.26 Å². The van der Waals surface area contributed by atoms with Crippen LogP contribution in [0.1, 0.15) is 6.92 Å². The topological polar surface area (TPSA) is 44.1 Å². The predicted molar refractivity (Wildman–Crippen MR) is 86.2 cm³/mol. The summed E-state index contributed by atoms with van der Waals surface area (Å²) >= 11 is 1.50.